The van der Waals surface area contributed by atoms with Gasteiger partial charge in [-0.05, 0) is 30.4 Å². The Kier molecular flexibility index (Phi) is 5.04. The number of aromatic nitrogens is 2. The zero-order chi connectivity index (χ0) is 14.4. The maximum Gasteiger partial charge on any atom is 0.0890 e. The highest BCUT2D eigenvalue weighted by Gasteiger charge is 2.16. The van der Waals surface area contributed by atoms with Gasteiger partial charge >= 0.3 is 0 Å². The van der Waals surface area contributed by atoms with Crippen LogP contribution in [0.25, 0.3) is 11.0 Å². The van der Waals surface area contributed by atoms with Gasteiger partial charge in [0.1, 0.15) is 0 Å². The summed E-state index contributed by atoms with van der Waals surface area (Å²) >= 11 is 0. The summed E-state index contributed by atoms with van der Waals surface area (Å²) in [6.07, 6.45) is 3.69. The van der Waals surface area contributed by atoms with E-state index in [1.54, 1.807) is 0 Å². The molecule has 0 saturated heterocycles. The Morgan fingerprint density at radius 3 is 2.70 bits per heavy atom. The monoisotopic (exact) mass is 273 g/mol. The number of para-hydroxylation sites is 2. The average Bonchev–Trinajstić information content (AvgIpc) is 2.45. The van der Waals surface area contributed by atoms with Crippen LogP contribution in [0, 0.1) is 5.41 Å². The van der Waals surface area contributed by atoms with E-state index in [0.29, 0.717) is 0 Å². The first-order valence-electron chi connectivity index (χ1n) is 7.13. The summed E-state index contributed by atoms with van der Waals surface area (Å²) in [6.45, 7) is 6.31. The molecule has 0 spiro atoms. The molecule has 1 heterocycles. The molecule has 2 aromatic rings. The molecule has 4 heteroatoms. The van der Waals surface area contributed by atoms with Crippen molar-refractivity contribution in [2.75, 3.05) is 13.2 Å². The van der Waals surface area contributed by atoms with E-state index in [1.165, 1.54) is 0 Å². The second-order valence-electron chi connectivity index (χ2n) is 5.94. The topological polar surface area (TPSA) is 58.0 Å². The third-order valence-electron chi connectivity index (χ3n) is 3.42. The zero-order valence-electron chi connectivity index (χ0n) is 12.3. The van der Waals surface area contributed by atoms with Gasteiger partial charge in [0.05, 0.1) is 22.9 Å². The Labute approximate surface area is 120 Å². The van der Waals surface area contributed by atoms with Crippen LogP contribution in [0.1, 0.15) is 32.4 Å². The molecular weight excluding hydrogens is 250 g/mol. The number of rotatable bonds is 7. The van der Waals surface area contributed by atoms with Crippen molar-refractivity contribution in [1.29, 1.82) is 0 Å². The molecule has 0 atom stereocenters. The number of hydrogen-bond donors (Lipinski definition) is 2. The van der Waals surface area contributed by atoms with E-state index in [1.807, 2.05) is 30.5 Å². The highest BCUT2D eigenvalue weighted by atomic mass is 16.2. The lowest BCUT2D eigenvalue weighted by Crippen LogP contribution is -2.29. The molecule has 0 aliphatic rings. The van der Waals surface area contributed by atoms with Crippen molar-refractivity contribution >= 4 is 11.0 Å². The third-order valence-corrected chi connectivity index (χ3v) is 3.42. The number of benzene rings is 1. The second-order valence-corrected chi connectivity index (χ2v) is 5.94. The molecule has 0 aliphatic heterocycles. The zero-order valence-corrected chi connectivity index (χ0v) is 12.3. The van der Waals surface area contributed by atoms with E-state index in [0.717, 1.165) is 42.7 Å². The third kappa shape index (κ3) is 4.25. The molecule has 0 amide bonds. The Bertz CT molecular complexity index is 554. The van der Waals surface area contributed by atoms with E-state index in [2.05, 4.69) is 29.1 Å². The molecule has 0 unspecified atom stereocenters. The van der Waals surface area contributed by atoms with Crippen LogP contribution < -0.4 is 5.32 Å². The number of nitrogens with one attached hydrogen (secondary N) is 1. The van der Waals surface area contributed by atoms with Gasteiger partial charge in [0.2, 0.25) is 0 Å². The number of aliphatic hydroxyl groups excluding tert-OH is 1. The first-order chi connectivity index (χ1) is 9.61. The van der Waals surface area contributed by atoms with E-state index in [4.69, 9.17) is 5.11 Å². The van der Waals surface area contributed by atoms with Crippen LogP contribution >= 0.6 is 0 Å². The van der Waals surface area contributed by atoms with Crippen molar-refractivity contribution < 1.29 is 5.11 Å². The smallest absolute Gasteiger partial charge is 0.0890 e. The van der Waals surface area contributed by atoms with Crippen LogP contribution in [0.4, 0.5) is 0 Å². The normalized spacial score (nSPS) is 11.9. The van der Waals surface area contributed by atoms with Crippen molar-refractivity contribution in [2.24, 2.45) is 5.41 Å². The van der Waals surface area contributed by atoms with Crippen molar-refractivity contribution in [3.8, 4) is 0 Å². The first-order valence-corrected chi connectivity index (χ1v) is 7.13. The number of nitrogens with zero attached hydrogens (tertiary/aromatic N) is 2. The molecule has 0 bridgehead atoms. The number of hydrogen-bond acceptors (Lipinski definition) is 4. The Balaban J connectivity index is 1.89. The van der Waals surface area contributed by atoms with Crippen LogP contribution in [-0.2, 0) is 6.54 Å². The summed E-state index contributed by atoms with van der Waals surface area (Å²) in [4.78, 5) is 9.00. The van der Waals surface area contributed by atoms with E-state index < -0.39 is 0 Å². The average molecular weight is 273 g/mol. The quantitative estimate of drug-likeness (QED) is 0.814. The molecule has 2 N–H and O–H groups in total. The minimum atomic E-state index is 0.188. The Morgan fingerprint density at radius 2 is 1.95 bits per heavy atom. The van der Waals surface area contributed by atoms with Crippen molar-refractivity contribution in [3.05, 3.63) is 36.2 Å². The summed E-state index contributed by atoms with van der Waals surface area (Å²) in [7, 11) is 0. The molecule has 0 saturated carbocycles. The SMILES string of the molecule is CC(C)(CCCO)CNCc1cnc2ccccc2n1. The minimum absolute atomic E-state index is 0.188. The van der Waals surface area contributed by atoms with Gasteiger partial charge in [-0.25, -0.2) is 4.98 Å². The standard InChI is InChI=1S/C16H23N3O/c1-16(2,8-5-9-20)12-17-10-13-11-18-14-6-3-4-7-15(14)19-13/h3-4,6-7,11,17,20H,5,8-10,12H2,1-2H3. The van der Waals surface area contributed by atoms with Gasteiger partial charge in [0.25, 0.3) is 0 Å². The molecule has 20 heavy (non-hydrogen) atoms. The van der Waals surface area contributed by atoms with Gasteiger partial charge in [-0.15, -0.1) is 0 Å². The van der Waals surface area contributed by atoms with Crippen LogP contribution in [0.3, 0.4) is 0 Å². The van der Waals surface area contributed by atoms with Gasteiger partial charge in [-0.3, -0.25) is 4.98 Å². The molecule has 1 aromatic carbocycles. The Morgan fingerprint density at radius 1 is 1.20 bits per heavy atom. The fraction of sp³-hybridized carbons (Fsp3) is 0.500. The van der Waals surface area contributed by atoms with Crippen LogP contribution in [-0.4, -0.2) is 28.2 Å². The summed E-state index contributed by atoms with van der Waals surface area (Å²) in [6, 6.07) is 7.90. The number of aliphatic hydroxyl groups is 1. The van der Waals surface area contributed by atoms with E-state index in [9.17, 15) is 0 Å². The van der Waals surface area contributed by atoms with E-state index in [-0.39, 0.29) is 12.0 Å². The highest BCUT2D eigenvalue weighted by Crippen LogP contribution is 2.20. The van der Waals surface area contributed by atoms with Gasteiger partial charge < -0.3 is 10.4 Å². The molecule has 0 fully saturated rings. The molecule has 4 nitrogen and oxygen atoms in total. The predicted molar refractivity (Wildman–Crippen MR) is 81.3 cm³/mol. The van der Waals surface area contributed by atoms with Crippen LogP contribution in [0.15, 0.2) is 30.5 Å². The largest absolute Gasteiger partial charge is 0.396 e. The van der Waals surface area contributed by atoms with Gasteiger partial charge in [-0.1, -0.05) is 26.0 Å². The minimum Gasteiger partial charge on any atom is -0.396 e. The van der Waals surface area contributed by atoms with Crippen molar-refractivity contribution in [3.63, 3.8) is 0 Å². The fourth-order valence-electron chi connectivity index (χ4n) is 2.26. The lowest BCUT2D eigenvalue weighted by Gasteiger charge is -2.24. The summed E-state index contributed by atoms with van der Waals surface area (Å²) in [5, 5.41) is 12.3. The lowest BCUT2D eigenvalue weighted by atomic mass is 9.88. The number of fused-ring (bicyclic) bond motifs is 1. The van der Waals surface area contributed by atoms with Crippen LogP contribution in [0.5, 0.6) is 0 Å². The molecular formula is C16H23N3O. The van der Waals surface area contributed by atoms with Crippen molar-refractivity contribution in [2.45, 2.75) is 33.2 Å². The molecule has 0 aliphatic carbocycles. The Hall–Kier alpha value is -1.52. The van der Waals surface area contributed by atoms with Gasteiger partial charge in [0.15, 0.2) is 0 Å². The summed E-state index contributed by atoms with van der Waals surface area (Å²) in [5.41, 5.74) is 3.01. The predicted octanol–water partition coefficient (Wildman–Crippen LogP) is 2.52. The van der Waals surface area contributed by atoms with E-state index >= 15 is 0 Å². The van der Waals surface area contributed by atoms with Gasteiger partial charge in [0, 0.05) is 19.7 Å². The fourth-order valence-corrected chi connectivity index (χ4v) is 2.26. The van der Waals surface area contributed by atoms with Crippen molar-refractivity contribution in [1.82, 2.24) is 15.3 Å². The molecule has 0 radical (unpaired) electrons. The maximum absolute atomic E-state index is 8.89. The van der Waals surface area contributed by atoms with Gasteiger partial charge in [-0.2, -0.15) is 0 Å². The maximum atomic E-state index is 8.89. The first kappa shape index (κ1) is 14.9. The summed E-state index contributed by atoms with van der Waals surface area (Å²) in [5.74, 6) is 0. The molecule has 108 valence electrons. The highest BCUT2D eigenvalue weighted by molar-refractivity contribution is 5.73. The lowest BCUT2D eigenvalue weighted by molar-refractivity contribution is 0.236. The van der Waals surface area contributed by atoms with Crippen LogP contribution in [0.2, 0.25) is 0 Å². The second kappa shape index (κ2) is 6.77. The molecule has 2 rings (SSSR count). The molecule has 1 aromatic heterocycles. The summed E-state index contributed by atoms with van der Waals surface area (Å²) < 4.78 is 0.